The Morgan fingerprint density at radius 1 is 1.06 bits per heavy atom. The molecule has 0 saturated carbocycles. The summed E-state index contributed by atoms with van der Waals surface area (Å²) in [6.07, 6.45) is 0. The fourth-order valence-electron chi connectivity index (χ4n) is 1.28. The van der Waals surface area contributed by atoms with Gasteiger partial charge in [-0.3, -0.25) is 0 Å². The molecule has 0 atom stereocenters. The van der Waals surface area contributed by atoms with Gasteiger partial charge in [-0.1, -0.05) is 27.5 Å². The molecule has 0 radical (unpaired) electrons. The highest BCUT2D eigenvalue weighted by atomic mass is 127. The van der Waals surface area contributed by atoms with E-state index in [0.29, 0.717) is 0 Å². The fraction of sp³-hybridized carbons (Fsp3) is 0. The number of benzene rings is 2. The SMILES string of the molecule is Clc1ccc(Nc2cc(Br)ccc2I)cc1. The molecule has 2 rings (SSSR count). The van der Waals surface area contributed by atoms with Gasteiger partial charge in [0.25, 0.3) is 0 Å². The number of nitrogens with one attached hydrogen (secondary N) is 1. The zero-order valence-electron chi connectivity index (χ0n) is 8.18. The molecule has 0 heterocycles. The number of halogens is 3. The summed E-state index contributed by atoms with van der Waals surface area (Å²) in [6.45, 7) is 0. The molecule has 1 N–H and O–H groups in total. The predicted octanol–water partition coefficient (Wildman–Crippen LogP) is 5.45. The summed E-state index contributed by atoms with van der Waals surface area (Å²) in [5.41, 5.74) is 2.11. The van der Waals surface area contributed by atoms with Crippen LogP contribution in [0.4, 0.5) is 11.4 Å². The molecule has 2 aromatic carbocycles. The molecule has 0 bridgehead atoms. The van der Waals surface area contributed by atoms with Gasteiger partial charge >= 0.3 is 0 Å². The predicted molar refractivity (Wildman–Crippen MR) is 81.6 cm³/mol. The molecule has 0 aromatic heterocycles. The lowest BCUT2D eigenvalue weighted by Crippen LogP contribution is -1.92. The first-order valence-corrected chi connectivity index (χ1v) is 6.88. The Hall–Kier alpha value is -0.260. The maximum absolute atomic E-state index is 5.83. The van der Waals surface area contributed by atoms with E-state index in [1.807, 2.05) is 30.3 Å². The Kier molecular flexibility index (Phi) is 4.10. The zero-order valence-corrected chi connectivity index (χ0v) is 12.7. The summed E-state index contributed by atoms with van der Waals surface area (Å²) < 4.78 is 2.24. The summed E-state index contributed by atoms with van der Waals surface area (Å²) in [7, 11) is 0. The van der Waals surface area contributed by atoms with Crippen molar-refractivity contribution in [2.45, 2.75) is 0 Å². The maximum atomic E-state index is 5.83. The van der Waals surface area contributed by atoms with Crippen LogP contribution in [0.5, 0.6) is 0 Å². The molecular formula is C12H8BrClIN. The van der Waals surface area contributed by atoms with Gasteiger partial charge in [0.05, 0.1) is 5.69 Å². The smallest absolute Gasteiger partial charge is 0.0531 e. The van der Waals surface area contributed by atoms with Gasteiger partial charge in [0.15, 0.2) is 0 Å². The number of hydrogen-bond acceptors (Lipinski definition) is 1. The summed E-state index contributed by atoms with van der Waals surface area (Å²) in [5, 5.41) is 4.09. The van der Waals surface area contributed by atoms with Crippen LogP contribution in [0.25, 0.3) is 0 Å². The lowest BCUT2D eigenvalue weighted by molar-refractivity contribution is 1.50. The Balaban J connectivity index is 2.26. The molecule has 0 aliphatic carbocycles. The molecule has 1 nitrogen and oxygen atoms in total. The van der Waals surface area contributed by atoms with E-state index in [9.17, 15) is 0 Å². The van der Waals surface area contributed by atoms with Gasteiger partial charge in [0, 0.05) is 18.8 Å². The molecule has 0 aliphatic heterocycles. The van der Waals surface area contributed by atoms with Crippen LogP contribution in [0.3, 0.4) is 0 Å². The highest BCUT2D eigenvalue weighted by Crippen LogP contribution is 2.26. The van der Waals surface area contributed by atoms with Gasteiger partial charge in [0.1, 0.15) is 0 Å². The monoisotopic (exact) mass is 407 g/mol. The van der Waals surface area contributed by atoms with Crippen molar-refractivity contribution in [3.05, 3.63) is 55.5 Å². The van der Waals surface area contributed by atoms with E-state index in [0.717, 1.165) is 20.9 Å². The maximum Gasteiger partial charge on any atom is 0.0531 e. The Bertz CT molecular complexity index is 499. The molecule has 0 unspecified atom stereocenters. The van der Waals surface area contributed by atoms with Gasteiger partial charge in [-0.15, -0.1) is 0 Å². The van der Waals surface area contributed by atoms with Gasteiger partial charge in [0.2, 0.25) is 0 Å². The number of anilines is 2. The molecule has 2 aromatic rings. The van der Waals surface area contributed by atoms with Crippen LogP contribution in [0, 0.1) is 3.57 Å². The first kappa shape index (κ1) is 12.2. The van der Waals surface area contributed by atoms with Gasteiger partial charge < -0.3 is 5.32 Å². The Labute approximate surface area is 121 Å². The molecule has 0 fully saturated rings. The minimum atomic E-state index is 0.745. The molecule has 82 valence electrons. The normalized spacial score (nSPS) is 10.2. The second-order valence-electron chi connectivity index (χ2n) is 3.26. The standard InChI is InChI=1S/C12H8BrClIN/c13-8-1-6-11(15)12(7-8)16-10-4-2-9(14)3-5-10/h1-7,16H. The third-order valence-corrected chi connectivity index (χ3v) is 3.74. The van der Waals surface area contributed by atoms with Crippen molar-refractivity contribution in [1.82, 2.24) is 0 Å². The second kappa shape index (κ2) is 5.38. The summed E-state index contributed by atoms with van der Waals surface area (Å²) in [6, 6.07) is 13.8. The lowest BCUT2D eigenvalue weighted by atomic mass is 10.3. The van der Waals surface area contributed by atoms with E-state index in [2.05, 4.69) is 56.0 Å². The van der Waals surface area contributed by atoms with E-state index in [1.54, 1.807) is 0 Å². The fourth-order valence-corrected chi connectivity index (χ4v) is 2.24. The highest BCUT2D eigenvalue weighted by Gasteiger charge is 2.01. The van der Waals surface area contributed by atoms with E-state index >= 15 is 0 Å². The molecule has 0 amide bonds. The largest absolute Gasteiger partial charge is 0.355 e. The van der Waals surface area contributed by atoms with Crippen LogP contribution in [0.2, 0.25) is 5.02 Å². The van der Waals surface area contributed by atoms with Crippen molar-refractivity contribution in [2.75, 3.05) is 5.32 Å². The van der Waals surface area contributed by atoms with Crippen molar-refractivity contribution in [3.8, 4) is 0 Å². The van der Waals surface area contributed by atoms with Crippen LogP contribution in [-0.4, -0.2) is 0 Å². The van der Waals surface area contributed by atoms with Crippen molar-refractivity contribution >= 4 is 61.5 Å². The third-order valence-electron chi connectivity index (χ3n) is 2.05. The molecule has 0 spiro atoms. The van der Waals surface area contributed by atoms with Crippen molar-refractivity contribution in [1.29, 1.82) is 0 Å². The van der Waals surface area contributed by atoms with Crippen LogP contribution < -0.4 is 5.32 Å². The summed E-state index contributed by atoms with van der Waals surface area (Å²) in [5.74, 6) is 0. The van der Waals surface area contributed by atoms with Crippen LogP contribution in [-0.2, 0) is 0 Å². The number of hydrogen-bond donors (Lipinski definition) is 1. The summed E-state index contributed by atoms with van der Waals surface area (Å²) >= 11 is 11.6. The van der Waals surface area contributed by atoms with Crippen LogP contribution in [0.1, 0.15) is 0 Å². The van der Waals surface area contributed by atoms with Crippen molar-refractivity contribution < 1.29 is 0 Å². The van der Waals surface area contributed by atoms with Gasteiger partial charge in [-0.2, -0.15) is 0 Å². The first-order valence-electron chi connectivity index (χ1n) is 4.63. The molecule has 0 saturated heterocycles. The van der Waals surface area contributed by atoms with E-state index in [4.69, 9.17) is 11.6 Å². The molecule has 0 aliphatic rings. The minimum Gasteiger partial charge on any atom is -0.355 e. The van der Waals surface area contributed by atoms with Gasteiger partial charge in [-0.05, 0) is 65.1 Å². The average Bonchev–Trinajstić information content (AvgIpc) is 2.27. The molecular weight excluding hydrogens is 400 g/mol. The van der Waals surface area contributed by atoms with E-state index in [-0.39, 0.29) is 0 Å². The van der Waals surface area contributed by atoms with Gasteiger partial charge in [-0.25, -0.2) is 0 Å². The zero-order chi connectivity index (χ0) is 11.5. The van der Waals surface area contributed by atoms with Crippen molar-refractivity contribution in [3.63, 3.8) is 0 Å². The molecule has 4 heteroatoms. The van der Waals surface area contributed by atoms with Crippen molar-refractivity contribution in [2.24, 2.45) is 0 Å². The van der Waals surface area contributed by atoms with E-state index in [1.165, 1.54) is 3.57 Å². The molecule has 16 heavy (non-hydrogen) atoms. The average molecular weight is 408 g/mol. The highest BCUT2D eigenvalue weighted by molar-refractivity contribution is 14.1. The lowest BCUT2D eigenvalue weighted by Gasteiger charge is -2.09. The van der Waals surface area contributed by atoms with Crippen LogP contribution >= 0.6 is 50.1 Å². The number of rotatable bonds is 2. The first-order chi connectivity index (χ1) is 7.65. The minimum absolute atomic E-state index is 0.745. The topological polar surface area (TPSA) is 12.0 Å². The third kappa shape index (κ3) is 3.12. The quantitative estimate of drug-likeness (QED) is 0.652. The second-order valence-corrected chi connectivity index (χ2v) is 5.77. The van der Waals surface area contributed by atoms with E-state index < -0.39 is 0 Å². The Morgan fingerprint density at radius 3 is 2.44 bits per heavy atom. The summed E-state index contributed by atoms with van der Waals surface area (Å²) in [4.78, 5) is 0. The Morgan fingerprint density at radius 2 is 1.75 bits per heavy atom. The van der Waals surface area contributed by atoms with Crippen LogP contribution in [0.15, 0.2) is 46.9 Å².